The van der Waals surface area contributed by atoms with Crippen molar-refractivity contribution in [2.75, 3.05) is 14.2 Å². The molecule has 1 aromatic heterocycles. The average Bonchev–Trinajstić information content (AvgIpc) is 2.82. The Hall–Kier alpha value is -1.59. The zero-order valence-corrected chi connectivity index (χ0v) is 12.2. The predicted octanol–water partition coefficient (Wildman–Crippen LogP) is 2.71. The molecule has 0 saturated heterocycles. The molecular weight excluding hydrogens is 260 g/mol. The monoisotopic (exact) mass is 278 g/mol. The van der Waals surface area contributed by atoms with Gasteiger partial charge in [0.05, 0.1) is 30.5 Å². The molecule has 102 valence electrons. The minimum absolute atomic E-state index is 0.201. The minimum Gasteiger partial charge on any atom is -0.496 e. The zero-order chi connectivity index (χ0) is 13.8. The highest BCUT2D eigenvalue weighted by molar-refractivity contribution is 7.09. The second-order valence-corrected chi connectivity index (χ2v) is 5.31. The Kier molecular flexibility index (Phi) is 4.39. The third-order valence-corrected chi connectivity index (χ3v) is 3.75. The maximum Gasteiger partial charge on any atom is 0.127 e. The van der Waals surface area contributed by atoms with Gasteiger partial charge >= 0.3 is 0 Å². The van der Waals surface area contributed by atoms with Gasteiger partial charge in [-0.15, -0.1) is 11.3 Å². The van der Waals surface area contributed by atoms with Crippen LogP contribution in [0.3, 0.4) is 0 Å². The summed E-state index contributed by atoms with van der Waals surface area (Å²) in [5.74, 6) is 1.50. The van der Waals surface area contributed by atoms with Gasteiger partial charge in [-0.3, -0.25) is 0 Å². The summed E-state index contributed by atoms with van der Waals surface area (Å²) in [4.78, 5) is 4.44. The Morgan fingerprint density at radius 2 is 1.89 bits per heavy atom. The molecule has 0 aliphatic rings. The van der Waals surface area contributed by atoms with Gasteiger partial charge in [-0.25, -0.2) is 4.98 Å². The first-order valence-electron chi connectivity index (χ1n) is 6.03. The molecule has 19 heavy (non-hydrogen) atoms. The van der Waals surface area contributed by atoms with Crippen LogP contribution in [0.25, 0.3) is 0 Å². The molecule has 0 aliphatic heterocycles. The molecule has 0 saturated carbocycles. The van der Waals surface area contributed by atoms with Crippen molar-refractivity contribution < 1.29 is 9.47 Å². The topological polar surface area (TPSA) is 57.4 Å². The molecule has 4 nitrogen and oxygen atoms in total. The van der Waals surface area contributed by atoms with E-state index in [-0.39, 0.29) is 6.04 Å². The highest BCUT2D eigenvalue weighted by Gasteiger charge is 2.18. The number of hydrogen-bond donors (Lipinski definition) is 1. The number of aromatic nitrogens is 1. The van der Waals surface area contributed by atoms with Crippen LogP contribution in [0, 0.1) is 6.92 Å². The van der Waals surface area contributed by atoms with Gasteiger partial charge in [-0.2, -0.15) is 0 Å². The molecule has 0 amide bonds. The lowest BCUT2D eigenvalue weighted by Gasteiger charge is -2.18. The third kappa shape index (κ3) is 3.05. The van der Waals surface area contributed by atoms with Crippen molar-refractivity contribution in [3.8, 4) is 11.5 Å². The SMILES string of the molecule is COc1cccc(OC)c1C(N)Cc1csc(C)n1. The lowest BCUT2D eigenvalue weighted by Crippen LogP contribution is -2.16. The highest BCUT2D eigenvalue weighted by Crippen LogP contribution is 2.34. The Labute approximate surface area is 117 Å². The fourth-order valence-corrected chi connectivity index (χ4v) is 2.70. The van der Waals surface area contributed by atoms with Crippen LogP contribution >= 0.6 is 11.3 Å². The largest absolute Gasteiger partial charge is 0.496 e. The van der Waals surface area contributed by atoms with Crippen LogP contribution in [-0.2, 0) is 6.42 Å². The molecule has 5 heteroatoms. The standard InChI is InChI=1S/C14H18N2O2S/c1-9-16-10(8-19-9)7-11(15)14-12(17-2)5-4-6-13(14)18-3/h4-6,8,11H,7,15H2,1-3H3. The Morgan fingerprint density at radius 3 is 2.37 bits per heavy atom. The molecule has 1 heterocycles. The first-order valence-corrected chi connectivity index (χ1v) is 6.91. The van der Waals surface area contributed by atoms with Crippen molar-refractivity contribution >= 4 is 11.3 Å². The molecule has 1 unspecified atom stereocenters. The van der Waals surface area contributed by atoms with Crippen LogP contribution in [0.5, 0.6) is 11.5 Å². The first kappa shape index (κ1) is 13.8. The number of aryl methyl sites for hydroxylation is 1. The van der Waals surface area contributed by atoms with Gasteiger partial charge in [0.25, 0.3) is 0 Å². The Balaban J connectivity index is 2.29. The molecule has 0 aliphatic carbocycles. The van der Waals surface area contributed by atoms with Crippen LogP contribution in [0.2, 0.25) is 0 Å². The zero-order valence-electron chi connectivity index (χ0n) is 11.3. The predicted molar refractivity (Wildman–Crippen MR) is 77.0 cm³/mol. The number of hydrogen-bond acceptors (Lipinski definition) is 5. The average molecular weight is 278 g/mol. The molecule has 0 spiro atoms. The van der Waals surface area contributed by atoms with E-state index in [9.17, 15) is 0 Å². The molecule has 2 rings (SSSR count). The summed E-state index contributed by atoms with van der Waals surface area (Å²) in [6, 6.07) is 5.47. The van der Waals surface area contributed by atoms with E-state index in [1.165, 1.54) is 0 Å². The van der Waals surface area contributed by atoms with Crippen LogP contribution in [0.15, 0.2) is 23.6 Å². The fourth-order valence-electron chi connectivity index (χ4n) is 2.07. The first-order chi connectivity index (χ1) is 9.15. The number of ether oxygens (including phenoxy) is 2. The molecule has 2 aromatic rings. The van der Waals surface area contributed by atoms with Gasteiger partial charge < -0.3 is 15.2 Å². The summed E-state index contributed by atoms with van der Waals surface area (Å²) in [7, 11) is 3.27. The van der Waals surface area contributed by atoms with E-state index in [1.54, 1.807) is 25.6 Å². The van der Waals surface area contributed by atoms with E-state index in [4.69, 9.17) is 15.2 Å². The molecule has 0 bridgehead atoms. The van der Waals surface area contributed by atoms with Crippen LogP contribution in [0.1, 0.15) is 22.3 Å². The van der Waals surface area contributed by atoms with E-state index in [2.05, 4.69) is 4.98 Å². The number of methoxy groups -OCH3 is 2. The smallest absolute Gasteiger partial charge is 0.127 e. The van der Waals surface area contributed by atoms with Gasteiger partial charge in [0.15, 0.2) is 0 Å². The summed E-state index contributed by atoms with van der Waals surface area (Å²) in [5, 5.41) is 3.09. The van der Waals surface area contributed by atoms with Crippen molar-refractivity contribution in [3.63, 3.8) is 0 Å². The third-order valence-electron chi connectivity index (χ3n) is 2.93. The molecule has 1 aromatic carbocycles. The highest BCUT2D eigenvalue weighted by atomic mass is 32.1. The molecular formula is C14H18N2O2S. The fraction of sp³-hybridized carbons (Fsp3) is 0.357. The van der Waals surface area contributed by atoms with E-state index in [0.717, 1.165) is 27.8 Å². The molecule has 0 radical (unpaired) electrons. The van der Waals surface area contributed by atoms with Crippen LogP contribution in [0.4, 0.5) is 0 Å². The van der Waals surface area contributed by atoms with Crippen molar-refractivity contribution in [3.05, 3.63) is 39.8 Å². The minimum atomic E-state index is -0.201. The number of nitrogens with two attached hydrogens (primary N) is 1. The van der Waals surface area contributed by atoms with Crippen LogP contribution < -0.4 is 15.2 Å². The Bertz CT molecular complexity index is 532. The maximum atomic E-state index is 6.29. The lowest BCUT2D eigenvalue weighted by molar-refractivity contribution is 0.378. The number of rotatable bonds is 5. The normalized spacial score (nSPS) is 12.2. The van der Waals surface area contributed by atoms with E-state index < -0.39 is 0 Å². The summed E-state index contributed by atoms with van der Waals surface area (Å²) in [5.41, 5.74) is 8.18. The van der Waals surface area contributed by atoms with Gasteiger partial charge in [0.2, 0.25) is 0 Å². The van der Waals surface area contributed by atoms with E-state index in [0.29, 0.717) is 6.42 Å². The summed E-state index contributed by atoms with van der Waals surface area (Å²) >= 11 is 1.63. The van der Waals surface area contributed by atoms with Crippen LogP contribution in [-0.4, -0.2) is 19.2 Å². The van der Waals surface area contributed by atoms with Gasteiger partial charge in [-0.05, 0) is 19.1 Å². The maximum absolute atomic E-state index is 6.29. The number of thiazole rings is 1. The molecule has 0 fully saturated rings. The second-order valence-electron chi connectivity index (χ2n) is 4.24. The molecule has 1 atom stereocenters. The van der Waals surface area contributed by atoms with Gasteiger partial charge in [-0.1, -0.05) is 6.07 Å². The summed E-state index contributed by atoms with van der Waals surface area (Å²) < 4.78 is 10.7. The van der Waals surface area contributed by atoms with Crippen molar-refractivity contribution in [1.29, 1.82) is 0 Å². The quantitative estimate of drug-likeness (QED) is 0.913. The molecule has 2 N–H and O–H groups in total. The second kappa shape index (κ2) is 6.04. The number of benzene rings is 1. The number of nitrogens with zero attached hydrogens (tertiary/aromatic N) is 1. The van der Waals surface area contributed by atoms with Crippen molar-refractivity contribution in [2.45, 2.75) is 19.4 Å². The summed E-state index contributed by atoms with van der Waals surface area (Å²) in [6.45, 7) is 1.99. The van der Waals surface area contributed by atoms with Crippen molar-refractivity contribution in [2.24, 2.45) is 5.73 Å². The van der Waals surface area contributed by atoms with Crippen molar-refractivity contribution in [1.82, 2.24) is 4.98 Å². The van der Waals surface area contributed by atoms with E-state index in [1.807, 2.05) is 30.5 Å². The van der Waals surface area contributed by atoms with Gasteiger partial charge in [0, 0.05) is 17.8 Å². The summed E-state index contributed by atoms with van der Waals surface area (Å²) in [6.07, 6.45) is 0.668. The van der Waals surface area contributed by atoms with Gasteiger partial charge in [0.1, 0.15) is 11.5 Å². The Morgan fingerprint density at radius 1 is 1.26 bits per heavy atom. The lowest BCUT2D eigenvalue weighted by atomic mass is 10.0. The van der Waals surface area contributed by atoms with E-state index >= 15 is 0 Å².